The highest BCUT2D eigenvalue weighted by molar-refractivity contribution is 5.75. The summed E-state index contributed by atoms with van der Waals surface area (Å²) in [5.74, 6) is 3.70. The summed E-state index contributed by atoms with van der Waals surface area (Å²) in [7, 11) is 0. The lowest BCUT2D eigenvalue weighted by Gasteiger charge is -2.45. The lowest BCUT2D eigenvalue weighted by atomic mass is 10.00. The summed E-state index contributed by atoms with van der Waals surface area (Å²) in [6.45, 7) is 1.87. The highest BCUT2D eigenvalue weighted by Gasteiger charge is 2.34. The Balaban J connectivity index is 1.14. The summed E-state index contributed by atoms with van der Waals surface area (Å²) in [5, 5.41) is 37.6. The van der Waals surface area contributed by atoms with E-state index in [0.717, 1.165) is 22.5 Å². The van der Waals surface area contributed by atoms with Crippen LogP contribution in [-0.4, -0.2) is 6.67 Å². The second-order valence-electron chi connectivity index (χ2n) is 9.94. The third kappa shape index (κ3) is 3.26. The fraction of sp³-hybridized carbons (Fsp3) is 0.0968. The molecule has 0 saturated heterocycles. The molecule has 8 rings (SSSR count). The van der Waals surface area contributed by atoms with Crippen LogP contribution in [0.3, 0.4) is 0 Å². The molecule has 0 unspecified atom stereocenters. The average molecular weight is 534 g/mol. The molecule has 192 valence electrons. The number of benzene rings is 4. The van der Waals surface area contributed by atoms with E-state index in [1.165, 1.54) is 24.3 Å². The van der Waals surface area contributed by atoms with E-state index in [1.807, 2.05) is 48.5 Å². The number of rotatable bonds is 0. The van der Waals surface area contributed by atoms with Crippen molar-refractivity contribution in [3.05, 3.63) is 81.9 Å². The van der Waals surface area contributed by atoms with Crippen LogP contribution in [0.25, 0.3) is 0 Å². The van der Waals surface area contributed by atoms with Crippen LogP contribution in [0.2, 0.25) is 0 Å². The summed E-state index contributed by atoms with van der Waals surface area (Å²) < 4.78 is 24.5. The molecule has 41 heavy (non-hydrogen) atoms. The first-order valence-electron chi connectivity index (χ1n) is 12.6. The molecule has 4 heterocycles. The SMILES string of the molecule is N#Cc1cc2c(cc1C#N)Oc1cc3c(cc1O2)CN1CN3Cc2cc3c(cc21)Oc1cc(C#N)c(C#N)cc1O3. The Hall–Kier alpha value is -6.36. The summed E-state index contributed by atoms with van der Waals surface area (Å²) in [6, 6.07) is 22.0. The van der Waals surface area contributed by atoms with Gasteiger partial charge < -0.3 is 28.7 Å². The highest BCUT2D eigenvalue weighted by atomic mass is 16.6. The lowest BCUT2D eigenvalue weighted by Crippen LogP contribution is -2.46. The first-order valence-corrected chi connectivity index (χ1v) is 12.6. The van der Waals surface area contributed by atoms with E-state index in [2.05, 4.69) is 9.80 Å². The van der Waals surface area contributed by atoms with Gasteiger partial charge in [-0.1, -0.05) is 0 Å². The van der Waals surface area contributed by atoms with Crippen molar-refractivity contribution in [3.8, 4) is 70.3 Å². The fourth-order valence-electron chi connectivity index (χ4n) is 5.67. The minimum atomic E-state index is 0.228. The maximum atomic E-state index is 9.40. The zero-order valence-electron chi connectivity index (χ0n) is 21.1. The fourth-order valence-corrected chi connectivity index (χ4v) is 5.67. The van der Waals surface area contributed by atoms with Gasteiger partial charge in [0.1, 0.15) is 24.3 Å². The minimum Gasteiger partial charge on any atom is -0.449 e. The lowest BCUT2D eigenvalue weighted by molar-refractivity contribution is 0.357. The van der Waals surface area contributed by atoms with Gasteiger partial charge in [0, 0.05) is 60.9 Å². The molecule has 0 amide bonds. The minimum absolute atomic E-state index is 0.228. The maximum Gasteiger partial charge on any atom is 0.172 e. The first-order chi connectivity index (χ1) is 20.0. The molecule has 4 aromatic rings. The van der Waals surface area contributed by atoms with Crippen LogP contribution in [0, 0.1) is 45.3 Å². The molecule has 0 atom stereocenters. The van der Waals surface area contributed by atoms with Crippen molar-refractivity contribution >= 4 is 11.4 Å². The standard InChI is InChI=1S/C31H14N6O4/c32-9-16-1-24-26(3-18(16)11-34)40-30-7-22-20(5-28(30)38-24)13-36-15-37(22)14-21-6-29-31(8-23(21)36)41-27-4-19(12-35)17(10-33)2-25(27)39-29/h1-8H,13-15H2. The predicted octanol–water partition coefficient (Wildman–Crippen LogP) is 6.27. The Labute approximate surface area is 233 Å². The van der Waals surface area contributed by atoms with E-state index in [4.69, 9.17) is 18.9 Å². The van der Waals surface area contributed by atoms with Crippen LogP contribution < -0.4 is 28.7 Å². The van der Waals surface area contributed by atoms with Gasteiger partial charge in [0.25, 0.3) is 0 Å². The molecule has 4 aliphatic heterocycles. The zero-order valence-corrected chi connectivity index (χ0v) is 21.1. The van der Waals surface area contributed by atoms with E-state index >= 15 is 0 Å². The van der Waals surface area contributed by atoms with Gasteiger partial charge in [-0.25, -0.2) is 0 Å². The van der Waals surface area contributed by atoms with E-state index in [0.29, 0.717) is 65.8 Å². The number of fused-ring (bicyclic) bond motifs is 10. The third-order valence-corrected chi connectivity index (χ3v) is 7.56. The Bertz CT molecular complexity index is 1910. The average Bonchev–Trinajstić information content (AvgIpc) is 3.00. The summed E-state index contributed by atoms with van der Waals surface area (Å²) in [4.78, 5) is 4.47. The van der Waals surface area contributed by atoms with Gasteiger partial charge in [-0.15, -0.1) is 0 Å². The Morgan fingerprint density at radius 3 is 1.05 bits per heavy atom. The van der Waals surface area contributed by atoms with E-state index < -0.39 is 0 Å². The van der Waals surface area contributed by atoms with Crippen LogP contribution >= 0.6 is 0 Å². The molecular formula is C31H14N6O4. The van der Waals surface area contributed by atoms with Crippen molar-refractivity contribution in [3.63, 3.8) is 0 Å². The quantitative estimate of drug-likeness (QED) is 0.219. The van der Waals surface area contributed by atoms with E-state index in [1.54, 1.807) is 0 Å². The second-order valence-corrected chi connectivity index (χ2v) is 9.94. The highest BCUT2D eigenvalue weighted by Crippen LogP contribution is 2.53. The molecule has 0 fully saturated rings. The monoisotopic (exact) mass is 534 g/mol. The Morgan fingerprint density at radius 2 is 0.732 bits per heavy atom. The van der Waals surface area contributed by atoms with Crippen LogP contribution in [0.5, 0.6) is 46.0 Å². The predicted molar refractivity (Wildman–Crippen MR) is 142 cm³/mol. The van der Waals surface area contributed by atoms with Gasteiger partial charge in [-0.2, -0.15) is 21.0 Å². The molecule has 0 aromatic heterocycles. The van der Waals surface area contributed by atoms with Crippen LogP contribution in [0.15, 0.2) is 48.5 Å². The van der Waals surface area contributed by atoms with E-state index in [9.17, 15) is 21.0 Å². The molecule has 10 nitrogen and oxygen atoms in total. The Kier molecular flexibility index (Phi) is 4.45. The Morgan fingerprint density at radius 1 is 0.439 bits per heavy atom. The molecule has 4 aromatic carbocycles. The maximum absolute atomic E-state index is 9.40. The molecule has 10 heteroatoms. The van der Waals surface area contributed by atoms with Crippen LogP contribution in [-0.2, 0) is 13.1 Å². The number of nitrogens with zero attached hydrogens (tertiary/aromatic N) is 6. The van der Waals surface area contributed by atoms with Crippen molar-refractivity contribution in [1.29, 1.82) is 21.0 Å². The van der Waals surface area contributed by atoms with Crippen molar-refractivity contribution in [2.75, 3.05) is 16.5 Å². The molecule has 2 bridgehead atoms. The van der Waals surface area contributed by atoms with Gasteiger partial charge in [0.15, 0.2) is 46.0 Å². The number of hydrogen-bond donors (Lipinski definition) is 0. The topological polar surface area (TPSA) is 139 Å². The normalized spacial score (nSPS) is 14.1. The molecular weight excluding hydrogens is 520 g/mol. The molecule has 0 saturated carbocycles. The largest absolute Gasteiger partial charge is 0.449 e. The van der Waals surface area contributed by atoms with Gasteiger partial charge in [-0.3, -0.25) is 0 Å². The van der Waals surface area contributed by atoms with Gasteiger partial charge in [-0.05, 0) is 23.3 Å². The van der Waals surface area contributed by atoms with Crippen LogP contribution in [0.1, 0.15) is 33.4 Å². The molecule has 0 spiro atoms. The van der Waals surface area contributed by atoms with Crippen molar-refractivity contribution in [1.82, 2.24) is 0 Å². The third-order valence-electron chi connectivity index (χ3n) is 7.56. The van der Waals surface area contributed by atoms with Gasteiger partial charge >= 0.3 is 0 Å². The number of ether oxygens (including phenoxy) is 4. The summed E-state index contributed by atoms with van der Waals surface area (Å²) >= 11 is 0. The van der Waals surface area contributed by atoms with Crippen molar-refractivity contribution in [2.24, 2.45) is 0 Å². The summed E-state index contributed by atoms with van der Waals surface area (Å²) in [5.41, 5.74) is 5.02. The van der Waals surface area contributed by atoms with Crippen LogP contribution in [0.4, 0.5) is 11.4 Å². The molecule has 0 N–H and O–H groups in total. The zero-order chi connectivity index (χ0) is 27.8. The second kappa shape index (κ2) is 8.07. The summed E-state index contributed by atoms with van der Waals surface area (Å²) in [6.07, 6.45) is 0. The van der Waals surface area contributed by atoms with E-state index in [-0.39, 0.29) is 22.3 Å². The number of hydrogen-bond acceptors (Lipinski definition) is 10. The van der Waals surface area contributed by atoms with Gasteiger partial charge in [0.05, 0.1) is 28.9 Å². The van der Waals surface area contributed by atoms with Crippen molar-refractivity contribution < 1.29 is 18.9 Å². The molecule has 0 radical (unpaired) electrons. The van der Waals surface area contributed by atoms with Crippen molar-refractivity contribution in [2.45, 2.75) is 13.1 Å². The number of anilines is 2. The van der Waals surface area contributed by atoms with Gasteiger partial charge in [0.2, 0.25) is 0 Å². The molecule has 0 aliphatic carbocycles. The smallest absolute Gasteiger partial charge is 0.172 e. The molecule has 4 aliphatic rings. The first kappa shape index (κ1) is 22.6. The number of nitriles is 4.